The topological polar surface area (TPSA) is 110 Å². The van der Waals surface area contributed by atoms with E-state index in [9.17, 15) is 4.79 Å². The molecule has 0 saturated heterocycles. The van der Waals surface area contributed by atoms with E-state index in [2.05, 4.69) is 30.5 Å². The van der Waals surface area contributed by atoms with Gasteiger partial charge in [-0.2, -0.15) is 5.10 Å². The van der Waals surface area contributed by atoms with Crippen molar-refractivity contribution in [2.24, 2.45) is 0 Å². The molecular weight excluding hydrogens is 380 g/mol. The van der Waals surface area contributed by atoms with Crippen LogP contribution in [0.15, 0.2) is 47.3 Å². The lowest BCUT2D eigenvalue weighted by molar-refractivity contribution is -0.114. The Morgan fingerprint density at radius 2 is 2.04 bits per heavy atom. The first-order valence-corrected chi connectivity index (χ1v) is 8.77. The number of benzene rings is 1. The normalized spacial score (nSPS) is 10.8. The maximum Gasteiger partial charge on any atom is 0.227 e. The predicted octanol–water partition coefficient (Wildman–Crippen LogP) is 4.11. The lowest BCUT2D eigenvalue weighted by Gasteiger charge is -2.05. The van der Waals surface area contributed by atoms with Gasteiger partial charge in [-0.15, -0.1) is 0 Å². The SMILES string of the molecule is CC(=O)Nc1cc(-c2nc(-c3ncn[nH]3)c(-c3ccccc3Cl)o2)c(C)cn1. The van der Waals surface area contributed by atoms with Gasteiger partial charge in [-0.05, 0) is 30.7 Å². The molecule has 2 N–H and O–H groups in total. The Labute approximate surface area is 165 Å². The monoisotopic (exact) mass is 394 g/mol. The molecule has 0 spiro atoms. The van der Waals surface area contributed by atoms with Gasteiger partial charge in [-0.3, -0.25) is 9.89 Å². The number of H-pyrrole nitrogens is 1. The van der Waals surface area contributed by atoms with Gasteiger partial charge in [-0.25, -0.2) is 15.0 Å². The summed E-state index contributed by atoms with van der Waals surface area (Å²) in [5.41, 5.74) is 2.70. The van der Waals surface area contributed by atoms with Crippen LogP contribution in [0.2, 0.25) is 5.02 Å². The molecular formula is C19H15ClN6O2. The third-order valence-electron chi connectivity index (χ3n) is 4.02. The summed E-state index contributed by atoms with van der Waals surface area (Å²) < 4.78 is 6.11. The van der Waals surface area contributed by atoms with Crippen molar-refractivity contribution in [3.05, 3.63) is 53.4 Å². The van der Waals surface area contributed by atoms with Crippen LogP contribution in [0, 0.1) is 6.92 Å². The highest BCUT2D eigenvalue weighted by Gasteiger charge is 2.22. The van der Waals surface area contributed by atoms with E-state index in [0.29, 0.717) is 45.1 Å². The van der Waals surface area contributed by atoms with Crippen molar-refractivity contribution in [2.75, 3.05) is 5.32 Å². The van der Waals surface area contributed by atoms with Crippen molar-refractivity contribution in [3.8, 4) is 34.3 Å². The average Bonchev–Trinajstić information content (AvgIpc) is 3.32. The van der Waals surface area contributed by atoms with E-state index >= 15 is 0 Å². The molecule has 1 aromatic carbocycles. The van der Waals surface area contributed by atoms with Crippen molar-refractivity contribution in [1.29, 1.82) is 0 Å². The summed E-state index contributed by atoms with van der Waals surface area (Å²) in [6.07, 6.45) is 3.04. The molecule has 3 aromatic heterocycles. The van der Waals surface area contributed by atoms with Gasteiger partial charge in [-0.1, -0.05) is 23.7 Å². The maximum atomic E-state index is 11.4. The van der Waals surface area contributed by atoms with Crippen LogP contribution in [0.5, 0.6) is 0 Å². The van der Waals surface area contributed by atoms with E-state index in [1.54, 1.807) is 18.3 Å². The minimum Gasteiger partial charge on any atom is -0.435 e. The number of nitrogens with zero attached hydrogens (tertiary/aromatic N) is 4. The van der Waals surface area contributed by atoms with Gasteiger partial charge in [0.15, 0.2) is 17.3 Å². The fraction of sp³-hybridized carbons (Fsp3) is 0.105. The van der Waals surface area contributed by atoms with Crippen LogP contribution in [0.3, 0.4) is 0 Å². The summed E-state index contributed by atoms with van der Waals surface area (Å²) in [7, 11) is 0. The van der Waals surface area contributed by atoms with Crippen LogP contribution < -0.4 is 5.32 Å². The fourth-order valence-electron chi connectivity index (χ4n) is 2.75. The Morgan fingerprint density at radius 1 is 1.21 bits per heavy atom. The minimum absolute atomic E-state index is 0.214. The Morgan fingerprint density at radius 3 is 2.75 bits per heavy atom. The largest absolute Gasteiger partial charge is 0.435 e. The van der Waals surface area contributed by atoms with Crippen LogP contribution in [-0.4, -0.2) is 31.1 Å². The molecule has 0 saturated carbocycles. The quantitative estimate of drug-likeness (QED) is 0.539. The number of hydrogen-bond donors (Lipinski definition) is 2. The van der Waals surface area contributed by atoms with Gasteiger partial charge in [0.2, 0.25) is 11.8 Å². The molecule has 28 heavy (non-hydrogen) atoms. The summed E-state index contributed by atoms with van der Waals surface area (Å²) in [6, 6.07) is 9.03. The number of aromatic amines is 1. The van der Waals surface area contributed by atoms with Crippen molar-refractivity contribution in [1.82, 2.24) is 25.1 Å². The summed E-state index contributed by atoms with van der Waals surface area (Å²) in [5.74, 6) is 1.47. The number of rotatable bonds is 4. The molecule has 0 aliphatic carbocycles. The van der Waals surface area contributed by atoms with Crippen LogP contribution in [0.1, 0.15) is 12.5 Å². The first-order chi connectivity index (χ1) is 13.5. The van der Waals surface area contributed by atoms with E-state index in [1.165, 1.54) is 13.3 Å². The van der Waals surface area contributed by atoms with Gasteiger partial charge in [0.1, 0.15) is 12.1 Å². The number of carbonyl (C=O) groups excluding carboxylic acids is 1. The molecule has 0 aliphatic heterocycles. The molecule has 4 rings (SSSR count). The highest BCUT2D eigenvalue weighted by molar-refractivity contribution is 6.33. The number of pyridine rings is 1. The Balaban J connectivity index is 1.90. The molecule has 0 aliphatic rings. The zero-order chi connectivity index (χ0) is 19.7. The molecule has 9 heteroatoms. The molecule has 0 fully saturated rings. The second kappa shape index (κ2) is 7.24. The zero-order valence-corrected chi connectivity index (χ0v) is 15.8. The second-order valence-corrected chi connectivity index (χ2v) is 6.48. The highest BCUT2D eigenvalue weighted by atomic mass is 35.5. The molecule has 4 aromatic rings. The summed E-state index contributed by atoms with van der Waals surface area (Å²) in [4.78, 5) is 24.4. The average molecular weight is 395 g/mol. The third kappa shape index (κ3) is 3.37. The lowest BCUT2D eigenvalue weighted by Crippen LogP contribution is -2.07. The number of nitrogens with one attached hydrogen (secondary N) is 2. The van der Waals surface area contributed by atoms with Crippen molar-refractivity contribution in [3.63, 3.8) is 0 Å². The Hall–Kier alpha value is -3.52. The van der Waals surface area contributed by atoms with Crippen molar-refractivity contribution < 1.29 is 9.21 Å². The molecule has 140 valence electrons. The zero-order valence-electron chi connectivity index (χ0n) is 15.0. The molecule has 8 nitrogen and oxygen atoms in total. The third-order valence-corrected chi connectivity index (χ3v) is 4.35. The minimum atomic E-state index is -0.214. The number of oxazole rings is 1. The van der Waals surface area contributed by atoms with E-state index in [4.69, 9.17) is 16.0 Å². The van der Waals surface area contributed by atoms with Gasteiger partial charge < -0.3 is 9.73 Å². The van der Waals surface area contributed by atoms with Crippen LogP contribution >= 0.6 is 11.6 Å². The van der Waals surface area contributed by atoms with E-state index in [-0.39, 0.29) is 5.91 Å². The standard InChI is InChI=1S/C19H15ClN6O2/c1-10-8-21-15(24-11(2)27)7-13(10)19-25-16(18-22-9-23-26-18)17(28-19)12-5-3-4-6-14(12)20/h3-9H,1-2H3,(H,21,24,27)(H,22,23,26). The first-order valence-electron chi connectivity index (χ1n) is 8.39. The summed E-state index contributed by atoms with van der Waals surface area (Å²) >= 11 is 6.37. The van der Waals surface area contributed by atoms with Crippen molar-refractivity contribution in [2.45, 2.75) is 13.8 Å². The number of halogens is 1. The highest BCUT2D eigenvalue weighted by Crippen LogP contribution is 2.38. The Bertz CT molecular complexity index is 1150. The number of hydrogen-bond acceptors (Lipinski definition) is 6. The van der Waals surface area contributed by atoms with Gasteiger partial charge >= 0.3 is 0 Å². The number of aromatic nitrogens is 5. The molecule has 0 atom stereocenters. The summed E-state index contributed by atoms with van der Waals surface area (Å²) in [6.45, 7) is 3.30. The molecule has 3 heterocycles. The molecule has 0 unspecified atom stereocenters. The van der Waals surface area contributed by atoms with Crippen LogP contribution in [0.4, 0.5) is 5.82 Å². The van der Waals surface area contributed by atoms with Gasteiger partial charge in [0, 0.05) is 24.2 Å². The predicted molar refractivity (Wildman–Crippen MR) is 105 cm³/mol. The number of carbonyl (C=O) groups is 1. The lowest BCUT2D eigenvalue weighted by atomic mass is 10.1. The van der Waals surface area contributed by atoms with E-state index in [1.807, 2.05) is 25.1 Å². The van der Waals surface area contributed by atoms with Crippen LogP contribution in [-0.2, 0) is 4.79 Å². The first kappa shape index (κ1) is 17.9. The fourth-order valence-corrected chi connectivity index (χ4v) is 2.97. The smallest absolute Gasteiger partial charge is 0.227 e. The molecule has 1 amide bonds. The van der Waals surface area contributed by atoms with Crippen LogP contribution in [0.25, 0.3) is 34.3 Å². The summed E-state index contributed by atoms with van der Waals surface area (Å²) in [5, 5.41) is 9.88. The molecule has 0 radical (unpaired) electrons. The molecule has 0 bridgehead atoms. The number of anilines is 1. The van der Waals surface area contributed by atoms with Gasteiger partial charge in [0.05, 0.1) is 5.02 Å². The second-order valence-electron chi connectivity index (χ2n) is 6.08. The van der Waals surface area contributed by atoms with Crippen molar-refractivity contribution >= 4 is 23.3 Å². The van der Waals surface area contributed by atoms with E-state index < -0.39 is 0 Å². The van der Waals surface area contributed by atoms with Gasteiger partial charge in [0.25, 0.3) is 0 Å². The maximum absolute atomic E-state index is 11.4. The number of aryl methyl sites for hydroxylation is 1. The van der Waals surface area contributed by atoms with E-state index in [0.717, 1.165) is 5.56 Å². The number of amides is 1. The Kier molecular flexibility index (Phi) is 4.62.